The summed E-state index contributed by atoms with van der Waals surface area (Å²) in [4.78, 5) is 0. The second-order valence-corrected chi connectivity index (χ2v) is 5.20. The Hall–Kier alpha value is -0.0800. The molecule has 0 radical (unpaired) electrons. The van der Waals surface area contributed by atoms with Crippen molar-refractivity contribution in [2.45, 2.75) is 83.9 Å². The Balaban J connectivity index is 2.28. The Labute approximate surface area is 101 Å². The molecule has 0 spiro atoms. The summed E-state index contributed by atoms with van der Waals surface area (Å²) in [6, 6.07) is 1.43. The van der Waals surface area contributed by atoms with E-state index in [1.807, 2.05) is 0 Å². The molecule has 0 aliphatic carbocycles. The highest BCUT2D eigenvalue weighted by atomic mass is 16.5. The number of ether oxygens (including phenoxy) is 1. The first-order valence-electron chi connectivity index (χ1n) is 7.13. The highest BCUT2D eigenvalue weighted by molar-refractivity contribution is 4.79. The van der Waals surface area contributed by atoms with Gasteiger partial charge in [0.15, 0.2) is 0 Å². The van der Waals surface area contributed by atoms with Crippen molar-refractivity contribution in [3.05, 3.63) is 0 Å². The van der Waals surface area contributed by atoms with Crippen LogP contribution >= 0.6 is 0 Å². The van der Waals surface area contributed by atoms with Crippen molar-refractivity contribution in [2.24, 2.45) is 0 Å². The lowest BCUT2D eigenvalue weighted by Gasteiger charge is -2.31. The molecule has 1 heterocycles. The smallest absolute Gasteiger partial charge is 0.0561 e. The lowest BCUT2D eigenvalue weighted by Crippen LogP contribution is -2.43. The molecule has 2 nitrogen and oxygen atoms in total. The lowest BCUT2D eigenvalue weighted by atomic mass is 9.99. The first-order valence-corrected chi connectivity index (χ1v) is 7.13. The number of hydrogen-bond acceptors (Lipinski definition) is 2. The summed E-state index contributed by atoms with van der Waals surface area (Å²) < 4.78 is 5.59. The maximum Gasteiger partial charge on any atom is 0.0561 e. The predicted octanol–water partition coefficient (Wildman–Crippen LogP) is 3.50. The molecule has 2 heteroatoms. The van der Waals surface area contributed by atoms with Crippen molar-refractivity contribution in [1.82, 2.24) is 5.32 Å². The van der Waals surface area contributed by atoms with Crippen LogP contribution in [0, 0.1) is 0 Å². The van der Waals surface area contributed by atoms with Crippen LogP contribution < -0.4 is 5.32 Å². The summed E-state index contributed by atoms with van der Waals surface area (Å²) >= 11 is 0. The minimum absolute atomic E-state index is 0.444. The molecule has 3 unspecified atom stereocenters. The van der Waals surface area contributed by atoms with Gasteiger partial charge in [0.05, 0.1) is 6.10 Å². The van der Waals surface area contributed by atoms with Gasteiger partial charge in [0.2, 0.25) is 0 Å². The van der Waals surface area contributed by atoms with Gasteiger partial charge in [0.25, 0.3) is 0 Å². The van der Waals surface area contributed by atoms with Crippen molar-refractivity contribution >= 4 is 0 Å². The van der Waals surface area contributed by atoms with Crippen LogP contribution in [0.5, 0.6) is 0 Å². The summed E-state index contributed by atoms with van der Waals surface area (Å²) in [5, 5.41) is 3.84. The van der Waals surface area contributed by atoms with E-state index in [9.17, 15) is 0 Å². The van der Waals surface area contributed by atoms with Gasteiger partial charge < -0.3 is 10.1 Å². The molecule has 0 aromatic heterocycles. The molecule has 1 N–H and O–H groups in total. The van der Waals surface area contributed by atoms with Gasteiger partial charge in [-0.2, -0.15) is 0 Å². The minimum atomic E-state index is 0.444. The van der Waals surface area contributed by atoms with E-state index in [2.05, 4.69) is 26.1 Å². The first kappa shape index (κ1) is 14.0. The zero-order valence-electron chi connectivity index (χ0n) is 11.3. The second-order valence-electron chi connectivity index (χ2n) is 5.20. The Kier molecular flexibility index (Phi) is 7.06. The summed E-state index contributed by atoms with van der Waals surface area (Å²) in [5.41, 5.74) is 0. The largest absolute Gasteiger partial charge is 0.378 e. The van der Waals surface area contributed by atoms with E-state index in [0.29, 0.717) is 12.1 Å². The van der Waals surface area contributed by atoms with Gasteiger partial charge in [0.1, 0.15) is 0 Å². The molecule has 1 rings (SSSR count). The highest BCUT2D eigenvalue weighted by Gasteiger charge is 2.21. The Bertz CT molecular complexity index is 172. The molecule has 0 aromatic carbocycles. The molecule has 0 bridgehead atoms. The molecule has 0 saturated carbocycles. The van der Waals surface area contributed by atoms with Crippen LogP contribution in [0.3, 0.4) is 0 Å². The SMILES string of the molecule is CCCCC(CCC)NC1CCOC(C)C1. The molecule has 1 aliphatic rings. The van der Waals surface area contributed by atoms with Crippen molar-refractivity contribution in [2.75, 3.05) is 6.61 Å². The number of rotatable bonds is 7. The molecular weight excluding hydrogens is 198 g/mol. The molecule has 1 aliphatic heterocycles. The van der Waals surface area contributed by atoms with E-state index in [1.165, 1.54) is 44.9 Å². The van der Waals surface area contributed by atoms with E-state index < -0.39 is 0 Å². The highest BCUT2D eigenvalue weighted by Crippen LogP contribution is 2.16. The average molecular weight is 227 g/mol. The molecule has 0 aromatic rings. The van der Waals surface area contributed by atoms with E-state index >= 15 is 0 Å². The molecular formula is C14H29NO. The van der Waals surface area contributed by atoms with Crippen LogP contribution in [0.2, 0.25) is 0 Å². The van der Waals surface area contributed by atoms with Gasteiger partial charge in [-0.3, -0.25) is 0 Å². The first-order chi connectivity index (χ1) is 7.76. The van der Waals surface area contributed by atoms with Gasteiger partial charge in [-0.05, 0) is 32.6 Å². The van der Waals surface area contributed by atoms with Gasteiger partial charge in [0, 0.05) is 18.7 Å². The fraction of sp³-hybridized carbons (Fsp3) is 1.00. The second kappa shape index (κ2) is 8.08. The number of hydrogen-bond donors (Lipinski definition) is 1. The van der Waals surface area contributed by atoms with E-state index in [1.54, 1.807) is 0 Å². The van der Waals surface area contributed by atoms with Crippen molar-refractivity contribution in [3.8, 4) is 0 Å². The third-order valence-corrected chi connectivity index (χ3v) is 3.50. The molecule has 1 fully saturated rings. The molecule has 16 heavy (non-hydrogen) atoms. The summed E-state index contributed by atoms with van der Waals surface area (Å²) in [6.45, 7) is 7.69. The Morgan fingerprint density at radius 3 is 2.69 bits per heavy atom. The monoisotopic (exact) mass is 227 g/mol. The van der Waals surface area contributed by atoms with Crippen LogP contribution in [-0.4, -0.2) is 24.8 Å². The van der Waals surface area contributed by atoms with Crippen molar-refractivity contribution in [3.63, 3.8) is 0 Å². The topological polar surface area (TPSA) is 21.3 Å². The van der Waals surface area contributed by atoms with Crippen molar-refractivity contribution < 1.29 is 4.74 Å². The van der Waals surface area contributed by atoms with Gasteiger partial charge >= 0.3 is 0 Å². The standard InChI is InChI=1S/C14H29NO/c1-4-6-8-13(7-5-2)15-14-9-10-16-12(3)11-14/h12-15H,4-11H2,1-3H3. The molecule has 0 amide bonds. The maximum atomic E-state index is 5.59. The quantitative estimate of drug-likeness (QED) is 0.718. The van der Waals surface area contributed by atoms with Crippen LogP contribution in [0.4, 0.5) is 0 Å². The van der Waals surface area contributed by atoms with Crippen LogP contribution in [0.15, 0.2) is 0 Å². The van der Waals surface area contributed by atoms with E-state index in [4.69, 9.17) is 4.74 Å². The zero-order chi connectivity index (χ0) is 11.8. The zero-order valence-corrected chi connectivity index (χ0v) is 11.3. The van der Waals surface area contributed by atoms with Gasteiger partial charge in [-0.1, -0.05) is 33.1 Å². The fourth-order valence-electron chi connectivity index (χ4n) is 2.59. The molecule has 96 valence electrons. The van der Waals surface area contributed by atoms with Crippen LogP contribution in [-0.2, 0) is 4.74 Å². The normalized spacial score (nSPS) is 27.9. The molecule has 3 atom stereocenters. The van der Waals surface area contributed by atoms with Crippen molar-refractivity contribution in [1.29, 1.82) is 0 Å². The average Bonchev–Trinajstić information content (AvgIpc) is 2.26. The lowest BCUT2D eigenvalue weighted by molar-refractivity contribution is 0.0108. The van der Waals surface area contributed by atoms with E-state index in [-0.39, 0.29) is 0 Å². The van der Waals surface area contributed by atoms with Crippen LogP contribution in [0.25, 0.3) is 0 Å². The van der Waals surface area contributed by atoms with Gasteiger partial charge in [-0.15, -0.1) is 0 Å². The predicted molar refractivity (Wildman–Crippen MR) is 69.8 cm³/mol. The Morgan fingerprint density at radius 2 is 2.06 bits per heavy atom. The van der Waals surface area contributed by atoms with Gasteiger partial charge in [-0.25, -0.2) is 0 Å². The number of nitrogens with one attached hydrogen (secondary N) is 1. The molecule has 1 saturated heterocycles. The fourth-order valence-corrected chi connectivity index (χ4v) is 2.59. The third-order valence-electron chi connectivity index (χ3n) is 3.50. The minimum Gasteiger partial charge on any atom is -0.378 e. The third kappa shape index (κ3) is 5.31. The summed E-state index contributed by atoms with van der Waals surface area (Å²) in [7, 11) is 0. The van der Waals surface area contributed by atoms with Crippen LogP contribution in [0.1, 0.15) is 65.7 Å². The summed E-state index contributed by atoms with van der Waals surface area (Å²) in [6.07, 6.45) is 9.45. The maximum absolute atomic E-state index is 5.59. The summed E-state index contributed by atoms with van der Waals surface area (Å²) in [5.74, 6) is 0. The Morgan fingerprint density at radius 1 is 1.25 bits per heavy atom. The number of unbranched alkanes of at least 4 members (excludes halogenated alkanes) is 1. The van der Waals surface area contributed by atoms with E-state index in [0.717, 1.165) is 12.6 Å².